The van der Waals surface area contributed by atoms with E-state index in [9.17, 15) is 0 Å². The highest BCUT2D eigenvalue weighted by molar-refractivity contribution is 9.10. The topological polar surface area (TPSA) is 9.23 Å². The lowest BCUT2D eigenvalue weighted by Gasteiger charge is -2.07. The molecule has 0 aliphatic heterocycles. The van der Waals surface area contributed by atoms with Crippen LogP contribution in [0, 0.1) is 0 Å². The van der Waals surface area contributed by atoms with Gasteiger partial charge in [0.15, 0.2) is 0 Å². The zero-order valence-corrected chi connectivity index (χ0v) is 13.5. The van der Waals surface area contributed by atoms with Gasteiger partial charge in [0.05, 0.1) is 8.81 Å². The van der Waals surface area contributed by atoms with Gasteiger partial charge in [-0.25, -0.2) is 0 Å². The van der Waals surface area contributed by atoms with Crippen LogP contribution < -0.4 is 4.74 Å². The summed E-state index contributed by atoms with van der Waals surface area (Å²) in [5.74, 6) is 0.847. The Morgan fingerprint density at radius 1 is 1.24 bits per heavy atom. The highest BCUT2D eigenvalue weighted by Gasteiger charge is 2.04. The van der Waals surface area contributed by atoms with Crippen LogP contribution in [-0.2, 0) is 11.9 Å². The summed E-state index contributed by atoms with van der Waals surface area (Å²) >= 11 is 14.3. The molecule has 1 heterocycles. The molecular weight excluding hydrogens is 387 g/mol. The Labute approximate surface area is 126 Å². The van der Waals surface area contributed by atoms with Gasteiger partial charge >= 0.3 is 0 Å². The van der Waals surface area contributed by atoms with Crippen LogP contribution in [0.5, 0.6) is 5.75 Å². The van der Waals surface area contributed by atoms with Crippen LogP contribution in [0.1, 0.15) is 10.4 Å². The maximum Gasteiger partial charge on any atom is 0.134 e. The molecular formula is C12H9Br2ClOS. The van der Waals surface area contributed by atoms with E-state index in [1.54, 1.807) is 0 Å². The lowest BCUT2D eigenvalue weighted by atomic mass is 10.2. The molecule has 0 unspecified atom stereocenters. The predicted molar refractivity (Wildman–Crippen MR) is 80.4 cm³/mol. The molecule has 0 bridgehead atoms. The van der Waals surface area contributed by atoms with E-state index in [2.05, 4.69) is 31.9 Å². The van der Waals surface area contributed by atoms with Crippen molar-refractivity contribution >= 4 is 54.8 Å². The summed E-state index contributed by atoms with van der Waals surface area (Å²) < 4.78 is 7.48. The van der Waals surface area contributed by atoms with Gasteiger partial charge in [-0.05, 0) is 45.8 Å². The van der Waals surface area contributed by atoms with Crippen molar-refractivity contribution in [1.29, 1.82) is 0 Å². The average Bonchev–Trinajstić information content (AvgIpc) is 2.73. The maximum absolute atomic E-state index is 5.86. The van der Waals surface area contributed by atoms with Crippen molar-refractivity contribution in [2.75, 3.05) is 0 Å². The number of hydrogen-bond acceptors (Lipinski definition) is 2. The van der Waals surface area contributed by atoms with E-state index in [4.69, 9.17) is 16.3 Å². The Hall–Kier alpha value is -0.0300. The third-order valence-corrected chi connectivity index (χ3v) is 4.62. The highest BCUT2D eigenvalue weighted by Crippen LogP contribution is 2.29. The summed E-state index contributed by atoms with van der Waals surface area (Å²) in [4.78, 5) is 1.12. The quantitative estimate of drug-likeness (QED) is 0.608. The van der Waals surface area contributed by atoms with E-state index < -0.39 is 0 Å². The number of ether oxygens (including phenoxy) is 1. The van der Waals surface area contributed by atoms with Crippen molar-refractivity contribution in [2.45, 2.75) is 11.9 Å². The van der Waals surface area contributed by atoms with E-state index in [0.717, 1.165) is 24.8 Å². The number of thiophene rings is 1. The van der Waals surface area contributed by atoms with Crippen LogP contribution in [0.3, 0.4) is 0 Å². The second-order valence-corrected chi connectivity index (χ2v) is 6.61. The Morgan fingerprint density at radius 3 is 2.65 bits per heavy atom. The van der Waals surface area contributed by atoms with Crippen LogP contribution in [0.2, 0.25) is 4.34 Å². The first-order chi connectivity index (χ1) is 8.19. The molecule has 1 nitrogen and oxygen atoms in total. The van der Waals surface area contributed by atoms with Gasteiger partial charge in [0.1, 0.15) is 12.4 Å². The summed E-state index contributed by atoms with van der Waals surface area (Å²) in [7, 11) is 0. The van der Waals surface area contributed by atoms with Crippen LogP contribution in [-0.4, -0.2) is 0 Å². The molecule has 90 valence electrons. The molecule has 0 spiro atoms. The molecule has 0 atom stereocenters. The van der Waals surface area contributed by atoms with Crippen LogP contribution >= 0.6 is 54.8 Å². The van der Waals surface area contributed by atoms with Crippen LogP contribution in [0.25, 0.3) is 0 Å². The standard InChI is InChI=1S/C12H9Br2ClOS/c13-6-8-1-3-11(10(14)5-8)16-7-9-2-4-12(15)17-9/h1-5H,6-7H2. The number of rotatable bonds is 4. The molecule has 2 aromatic rings. The molecule has 0 saturated heterocycles. The van der Waals surface area contributed by atoms with Crippen LogP contribution in [0.15, 0.2) is 34.8 Å². The van der Waals surface area contributed by atoms with Gasteiger partial charge in [0.25, 0.3) is 0 Å². The first-order valence-corrected chi connectivity index (χ1v) is 8.01. The van der Waals surface area contributed by atoms with Crippen LogP contribution in [0.4, 0.5) is 0 Å². The molecule has 0 N–H and O–H groups in total. The van der Waals surface area contributed by atoms with Crippen molar-refractivity contribution < 1.29 is 4.74 Å². The largest absolute Gasteiger partial charge is 0.487 e. The average molecular weight is 397 g/mol. The molecule has 0 fully saturated rings. The number of benzene rings is 1. The Kier molecular flexibility index (Phi) is 4.91. The third-order valence-electron chi connectivity index (χ3n) is 2.15. The summed E-state index contributed by atoms with van der Waals surface area (Å²) in [6.07, 6.45) is 0. The highest BCUT2D eigenvalue weighted by atomic mass is 79.9. The zero-order valence-electron chi connectivity index (χ0n) is 8.75. The molecule has 1 aromatic carbocycles. The van der Waals surface area contributed by atoms with Crippen molar-refractivity contribution in [3.05, 3.63) is 49.6 Å². The summed E-state index contributed by atoms with van der Waals surface area (Å²) in [5, 5.41) is 0.840. The zero-order chi connectivity index (χ0) is 12.3. The van der Waals surface area contributed by atoms with Gasteiger partial charge in [-0.3, -0.25) is 0 Å². The van der Waals surface area contributed by atoms with E-state index in [1.165, 1.54) is 16.9 Å². The maximum atomic E-state index is 5.86. The molecule has 2 rings (SSSR count). The van der Waals surface area contributed by atoms with Gasteiger partial charge in [-0.15, -0.1) is 11.3 Å². The number of alkyl halides is 1. The van der Waals surface area contributed by atoms with Gasteiger partial charge in [0, 0.05) is 10.2 Å². The molecule has 0 radical (unpaired) electrons. The molecule has 0 saturated carbocycles. The fraction of sp³-hybridized carbons (Fsp3) is 0.167. The monoisotopic (exact) mass is 394 g/mol. The van der Waals surface area contributed by atoms with E-state index in [0.29, 0.717) is 6.61 Å². The molecule has 1 aromatic heterocycles. The lowest BCUT2D eigenvalue weighted by Crippen LogP contribution is -1.94. The Balaban J connectivity index is 2.04. The number of halogens is 3. The van der Waals surface area contributed by atoms with Gasteiger partial charge in [-0.2, -0.15) is 0 Å². The second-order valence-electron chi connectivity index (χ2n) is 3.39. The third kappa shape index (κ3) is 3.71. The van der Waals surface area contributed by atoms with E-state index in [-0.39, 0.29) is 0 Å². The molecule has 0 amide bonds. The van der Waals surface area contributed by atoms with Crippen molar-refractivity contribution in [3.63, 3.8) is 0 Å². The van der Waals surface area contributed by atoms with Crippen molar-refractivity contribution in [1.82, 2.24) is 0 Å². The molecule has 5 heteroatoms. The summed E-state index contributed by atoms with van der Waals surface area (Å²) in [6, 6.07) is 9.92. The predicted octanol–water partition coefficient (Wildman–Crippen LogP) is 5.64. The second kappa shape index (κ2) is 6.23. The smallest absolute Gasteiger partial charge is 0.134 e. The Bertz CT molecular complexity index is 513. The van der Waals surface area contributed by atoms with Gasteiger partial charge in [-0.1, -0.05) is 33.6 Å². The minimum atomic E-state index is 0.545. The number of hydrogen-bond donors (Lipinski definition) is 0. The van der Waals surface area contributed by atoms with Gasteiger partial charge < -0.3 is 4.74 Å². The van der Waals surface area contributed by atoms with Gasteiger partial charge in [0.2, 0.25) is 0 Å². The fourth-order valence-corrected chi connectivity index (χ4v) is 3.21. The fourth-order valence-electron chi connectivity index (χ4n) is 1.32. The summed E-state index contributed by atoms with van der Waals surface area (Å²) in [6.45, 7) is 0.545. The SMILES string of the molecule is Clc1ccc(COc2ccc(CBr)cc2Br)s1. The summed E-state index contributed by atoms with van der Waals surface area (Å²) in [5.41, 5.74) is 1.21. The first kappa shape index (κ1) is 13.4. The Morgan fingerprint density at radius 2 is 2.06 bits per heavy atom. The minimum absolute atomic E-state index is 0.545. The van der Waals surface area contributed by atoms with Crippen molar-refractivity contribution in [3.8, 4) is 5.75 Å². The van der Waals surface area contributed by atoms with E-state index >= 15 is 0 Å². The minimum Gasteiger partial charge on any atom is -0.487 e. The van der Waals surface area contributed by atoms with E-state index in [1.807, 2.05) is 30.3 Å². The lowest BCUT2D eigenvalue weighted by molar-refractivity contribution is 0.308. The van der Waals surface area contributed by atoms with Crippen molar-refractivity contribution in [2.24, 2.45) is 0 Å². The molecule has 17 heavy (non-hydrogen) atoms. The molecule has 0 aliphatic carbocycles. The first-order valence-electron chi connectivity index (χ1n) is 4.90. The molecule has 0 aliphatic rings. The normalized spacial score (nSPS) is 10.5.